The lowest BCUT2D eigenvalue weighted by Gasteiger charge is -2.32. The van der Waals surface area contributed by atoms with E-state index in [2.05, 4.69) is 66.1 Å². The Labute approximate surface area is 150 Å². The van der Waals surface area contributed by atoms with E-state index >= 15 is 0 Å². The summed E-state index contributed by atoms with van der Waals surface area (Å²) in [6.07, 6.45) is 3.12. The van der Waals surface area contributed by atoms with Crippen molar-refractivity contribution in [1.82, 2.24) is 10.6 Å². The minimum absolute atomic E-state index is 0.0503. The predicted molar refractivity (Wildman–Crippen MR) is 103 cm³/mol. The van der Waals surface area contributed by atoms with E-state index in [1.165, 1.54) is 22.3 Å². The van der Waals surface area contributed by atoms with Crippen LogP contribution in [0.1, 0.15) is 54.9 Å². The molecule has 0 saturated carbocycles. The van der Waals surface area contributed by atoms with Gasteiger partial charge in [-0.2, -0.15) is 0 Å². The molecule has 1 aliphatic rings. The predicted octanol–water partition coefficient (Wildman–Crippen LogP) is 3.73. The van der Waals surface area contributed by atoms with Gasteiger partial charge in [0.1, 0.15) is 0 Å². The Kier molecular flexibility index (Phi) is 5.24. The molecule has 0 aromatic heterocycles. The molecule has 0 radical (unpaired) electrons. The Hall–Kier alpha value is -2.13. The molecule has 25 heavy (non-hydrogen) atoms. The number of fused-ring (bicyclic) bond motifs is 2. The molecule has 1 amide bonds. The highest BCUT2D eigenvalue weighted by Gasteiger charge is 2.35. The summed E-state index contributed by atoms with van der Waals surface area (Å²) in [6.45, 7) is 4.61. The SMILES string of the molecule is CN[C@]1(C)c2ccccc2C[C@H](CCCNC(C)=O)c2ccccc21. The molecule has 2 N–H and O–H groups in total. The van der Waals surface area contributed by atoms with E-state index in [1.807, 2.05) is 7.05 Å². The van der Waals surface area contributed by atoms with Crippen LogP contribution in [-0.4, -0.2) is 19.5 Å². The third-order valence-electron chi connectivity index (χ3n) is 5.56. The first-order valence-corrected chi connectivity index (χ1v) is 9.17. The molecule has 2 aromatic carbocycles. The molecule has 0 aliphatic heterocycles. The van der Waals surface area contributed by atoms with Gasteiger partial charge in [-0.25, -0.2) is 0 Å². The second-order valence-corrected chi connectivity index (χ2v) is 7.15. The molecule has 0 spiro atoms. The van der Waals surface area contributed by atoms with Gasteiger partial charge in [0.15, 0.2) is 0 Å². The second kappa shape index (κ2) is 7.40. The lowest BCUT2D eigenvalue weighted by molar-refractivity contribution is -0.118. The van der Waals surface area contributed by atoms with E-state index in [4.69, 9.17) is 0 Å². The summed E-state index contributed by atoms with van der Waals surface area (Å²) in [5.74, 6) is 0.524. The lowest BCUT2D eigenvalue weighted by atomic mass is 9.81. The number of hydrogen-bond acceptors (Lipinski definition) is 2. The van der Waals surface area contributed by atoms with Gasteiger partial charge in [-0.05, 0) is 61.4 Å². The number of carbonyl (C=O) groups excluding carboxylic acids is 1. The van der Waals surface area contributed by atoms with Gasteiger partial charge in [0.2, 0.25) is 5.91 Å². The normalized spacial score (nSPS) is 21.8. The van der Waals surface area contributed by atoms with Crippen LogP contribution in [0.5, 0.6) is 0 Å². The molecule has 0 saturated heterocycles. The summed E-state index contributed by atoms with van der Waals surface area (Å²) in [7, 11) is 2.05. The number of hydrogen-bond donors (Lipinski definition) is 2. The van der Waals surface area contributed by atoms with Crippen LogP contribution in [0.25, 0.3) is 0 Å². The summed E-state index contributed by atoms with van der Waals surface area (Å²) in [5, 5.41) is 6.50. The van der Waals surface area contributed by atoms with Gasteiger partial charge in [-0.1, -0.05) is 48.5 Å². The van der Waals surface area contributed by atoms with Crippen LogP contribution in [0, 0.1) is 0 Å². The number of rotatable bonds is 5. The summed E-state index contributed by atoms with van der Waals surface area (Å²) in [5.41, 5.74) is 5.40. The Bertz CT molecular complexity index is 755. The molecule has 0 heterocycles. The first kappa shape index (κ1) is 17.7. The average Bonchev–Trinajstić information content (AvgIpc) is 2.73. The zero-order valence-corrected chi connectivity index (χ0v) is 15.4. The Morgan fingerprint density at radius 1 is 1.12 bits per heavy atom. The monoisotopic (exact) mass is 336 g/mol. The van der Waals surface area contributed by atoms with E-state index in [0.29, 0.717) is 5.92 Å². The van der Waals surface area contributed by atoms with Crippen LogP contribution < -0.4 is 10.6 Å². The van der Waals surface area contributed by atoms with Crippen LogP contribution in [-0.2, 0) is 16.8 Å². The van der Waals surface area contributed by atoms with Crippen molar-refractivity contribution in [3.8, 4) is 0 Å². The fourth-order valence-electron chi connectivity index (χ4n) is 4.15. The van der Waals surface area contributed by atoms with Crippen LogP contribution in [0.3, 0.4) is 0 Å². The van der Waals surface area contributed by atoms with Crippen molar-refractivity contribution in [3.63, 3.8) is 0 Å². The summed E-state index contributed by atoms with van der Waals surface area (Å²) in [6, 6.07) is 17.6. The minimum Gasteiger partial charge on any atom is -0.356 e. The fourth-order valence-corrected chi connectivity index (χ4v) is 4.15. The van der Waals surface area contributed by atoms with E-state index in [0.717, 1.165) is 25.8 Å². The minimum atomic E-state index is -0.181. The molecule has 1 aliphatic carbocycles. The topological polar surface area (TPSA) is 41.1 Å². The molecule has 2 aromatic rings. The Morgan fingerprint density at radius 2 is 1.80 bits per heavy atom. The number of benzene rings is 2. The van der Waals surface area contributed by atoms with Crippen molar-refractivity contribution in [3.05, 3.63) is 70.8 Å². The molecule has 3 rings (SSSR count). The molecule has 3 nitrogen and oxygen atoms in total. The van der Waals surface area contributed by atoms with Gasteiger partial charge in [-0.3, -0.25) is 4.79 Å². The second-order valence-electron chi connectivity index (χ2n) is 7.15. The van der Waals surface area contributed by atoms with Crippen LogP contribution in [0.2, 0.25) is 0 Å². The first-order chi connectivity index (χ1) is 12.1. The molecule has 2 atom stereocenters. The standard InChI is InChI=1S/C22H28N2O/c1-16(25)24-14-8-10-17-15-18-9-4-6-12-20(18)22(2,23-3)21-13-7-5-11-19(17)21/h4-7,9,11-13,17,23H,8,10,14-15H2,1-3H3,(H,24,25)/t17-,22+/m0/s1. The molecule has 0 unspecified atom stereocenters. The van der Waals surface area contributed by atoms with Crippen LogP contribution in [0.4, 0.5) is 0 Å². The first-order valence-electron chi connectivity index (χ1n) is 9.17. The molecule has 3 heteroatoms. The van der Waals surface area contributed by atoms with Crippen LogP contribution >= 0.6 is 0 Å². The molecular weight excluding hydrogens is 308 g/mol. The maximum atomic E-state index is 11.1. The number of carbonyl (C=O) groups is 1. The van der Waals surface area contributed by atoms with E-state index < -0.39 is 0 Å². The summed E-state index contributed by atoms with van der Waals surface area (Å²) in [4.78, 5) is 11.1. The average molecular weight is 336 g/mol. The Balaban J connectivity index is 1.98. The van der Waals surface area contributed by atoms with Crippen molar-refractivity contribution < 1.29 is 4.79 Å². The highest BCUT2D eigenvalue weighted by atomic mass is 16.1. The maximum Gasteiger partial charge on any atom is 0.216 e. The highest BCUT2D eigenvalue weighted by Crippen LogP contribution is 2.42. The largest absolute Gasteiger partial charge is 0.356 e. The zero-order valence-electron chi connectivity index (χ0n) is 15.4. The number of nitrogens with one attached hydrogen (secondary N) is 2. The van der Waals surface area contributed by atoms with Gasteiger partial charge >= 0.3 is 0 Å². The Morgan fingerprint density at radius 3 is 2.52 bits per heavy atom. The van der Waals surface area contributed by atoms with Gasteiger partial charge in [0, 0.05) is 13.5 Å². The van der Waals surface area contributed by atoms with E-state index in [-0.39, 0.29) is 11.4 Å². The van der Waals surface area contributed by atoms with Crippen molar-refractivity contribution in [2.75, 3.05) is 13.6 Å². The van der Waals surface area contributed by atoms with Gasteiger partial charge < -0.3 is 10.6 Å². The fraction of sp³-hybridized carbons (Fsp3) is 0.409. The highest BCUT2D eigenvalue weighted by molar-refractivity contribution is 5.72. The van der Waals surface area contributed by atoms with Crippen molar-refractivity contribution >= 4 is 5.91 Å². The zero-order chi connectivity index (χ0) is 17.9. The van der Waals surface area contributed by atoms with Crippen molar-refractivity contribution in [1.29, 1.82) is 0 Å². The molecule has 0 bridgehead atoms. The van der Waals surface area contributed by atoms with E-state index in [1.54, 1.807) is 6.92 Å². The van der Waals surface area contributed by atoms with Gasteiger partial charge in [0.25, 0.3) is 0 Å². The van der Waals surface area contributed by atoms with Crippen LogP contribution in [0.15, 0.2) is 48.5 Å². The summed E-state index contributed by atoms with van der Waals surface area (Å²) >= 11 is 0. The smallest absolute Gasteiger partial charge is 0.216 e. The third-order valence-corrected chi connectivity index (χ3v) is 5.56. The third kappa shape index (κ3) is 3.47. The number of amides is 1. The summed E-state index contributed by atoms with van der Waals surface area (Å²) < 4.78 is 0. The quantitative estimate of drug-likeness (QED) is 0.817. The van der Waals surface area contributed by atoms with Gasteiger partial charge in [-0.15, -0.1) is 0 Å². The maximum absolute atomic E-state index is 11.1. The molecular formula is C22H28N2O. The lowest BCUT2D eigenvalue weighted by Crippen LogP contribution is -2.38. The van der Waals surface area contributed by atoms with Crippen molar-refractivity contribution in [2.45, 2.75) is 44.6 Å². The van der Waals surface area contributed by atoms with E-state index in [9.17, 15) is 4.79 Å². The van der Waals surface area contributed by atoms with Gasteiger partial charge in [0.05, 0.1) is 5.54 Å². The molecule has 132 valence electrons. The molecule has 0 fully saturated rings. The van der Waals surface area contributed by atoms with Crippen molar-refractivity contribution in [2.24, 2.45) is 0 Å².